The molecular weight excluding hydrogens is 380 g/mol. The van der Waals surface area contributed by atoms with Gasteiger partial charge in [0, 0.05) is 6.04 Å². The lowest BCUT2D eigenvalue weighted by Gasteiger charge is -2.28. The fourth-order valence-corrected chi connectivity index (χ4v) is 3.25. The van der Waals surface area contributed by atoms with E-state index in [0.29, 0.717) is 16.7 Å². The fourth-order valence-electron chi connectivity index (χ4n) is 3.15. The zero-order chi connectivity index (χ0) is 19.3. The number of hydrogen-bond acceptors (Lipinski definition) is 6. The van der Waals surface area contributed by atoms with Gasteiger partial charge in [0.2, 0.25) is 0 Å². The summed E-state index contributed by atoms with van der Waals surface area (Å²) in [5.74, 6) is -0.215. The molecule has 0 bridgehead atoms. The molecule has 0 aliphatic heterocycles. The van der Waals surface area contributed by atoms with Gasteiger partial charge in [0.05, 0.1) is 29.3 Å². The third-order valence-corrected chi connectivity index (χ3v) is 4.78. The number of nitrogens with one attached hydrogen (secondary N) is 1. The number of nitrogens with zero attached hydrogens (tertiary/aromatic N) is 5. The van der Waals surface area contributed by atoms with Crippen LogP contribution in [-0.2, 0) is 0 Å². The molecule has 28 heavy (non-hydrogen) atoms. The van der Waals surface area contributed by atoms with Crippen LogP contribution in [0.3, 0.4) is 0 Å². The third kappa shape index (κ3) is 4.45. The van der Waals surface area contributed by atoms with Crippen molar-refractivity contribution in [3.05, 3.63) is 59.6 Å². The molecular formula is C19H19ClN6O2. The van der Waals surface area contributed by atoms with E-state index in [1.807, 2.05) is 30.3 Å². The molecule has 1 N–H and O–H groups in total. The Hall–Kier alpha value is -3.00. The minimum atomic E-state index is -0.215. The molecule has 1 aliphatic carbocycles. The molecule has 1 aliphatic rings. The summed E-state index contributed by atoms with van der Waals surface area (Å²) >= 11 is 5.78. The van der Waals surface area contributed by atoms with Crippen LogP contribution in [-0.4, -0.2) is 43.0 Å². The van der Waals surface area contributed by atoms with Gasteiger partial charge in [-0.25, -0.2) is 9.97 Å². The van der Waals surface area contributed by atoms with Crippen LogP contribution >= 0.6 is 11.6 Å². The van der Waals surface area contributed by atoms with E-state index in [9.17, 15) is 4.79 Å². The lowest BCUT2D eigenvalue weighted by atomic mass is 9.93. The van der Waals surface area contributed by atoms with Gasteiger partial charge in [-0.1, -0.05) is 29.8 Å². The molecule has 1 amide bonds. The molecule has 0 spiro atoms. The Labute approximate surface area is 166 Å². The van der Waals surface area contributed by atoms with E-state index in [0.717, 1.165) is 31.4 Å². The molecule has 1 saturated carbocycles. The van der Waals surface area contributed by atoms with Crippen molar-refractivity contribution in [1.29, 1.82) is 0 Å². The molecule has 9 heteroatoms. The number of hydrogen-bond donors (Lipinski definition) is 1. The smallest absolute Gasteiger partial charge is 0.316 e. The van der Waals surface area contributed by atoms with Crippen molar-refractivity contribution in [3.8, 4) is 11.7 Å². The van der Waals surface area contributed by atoms with Crippen LogP contribution in [0.1, 0.15) is 36.2 Å². The van der Waals surface area contributed by atoms with Crippen molar-refractivity contribution in [3.63, 3.8) is 0 Å². The Bertz CT molecular complexity index is 923. The highest BCUT2D eigenvalue weighted by Gasteiger charge is 2.25. The van der Waals surface area contributed by atoms with Crippen molar-refractivity contribution in [2.75, 3.05) is 0 Å². The first-order valence-electron chi connectivity index (χ1n) is 9.10. The zero-order valence-electron chi connectivity index (χ0n) is 15.0. The number of benzene rings is 1. The predicted octanol–water partition coefficient (Wildman–Crippen LogP) is 2.83. The predicted molar refractivity (Wildman–Crippen MR) is 103 cm³/mol. The lowest BCUT2D eigenvalue weighted by molar-refractivity contribution is 0.0880. The Morgan fingerprint density at radius 2 is 1.79 bits per heavy atom. The van der Waals surface area contributed by atoms with E-state index in [-0.39, 0.29) is 18.1 Å². The number of amides is 1. The van der Waals surface area contributed by atoms with Crippen LogP contribution in [0, 0.1) is 0 Å². The topological polar surface area (TPSA) is 94.8 Å². The van der Waals surface area contributed by atoms with Gasteiger partial charge in [-0.2, -0.15) is 9.90 Å². The summed E-state index contributed by atoms with van der Waals surface area (Å²) in [7, 11) is 0. The van der Waals surface area contributed by atoms with Gasteiger partial charge in [-0.15, -0.1) is 5.10 Å². The van der Waals surface area contributed by atoms with Crippen LogP contribution in [0.5, 0.6) is 6.01 Å². The van der Waals surface area contributed by atoms with Crippen LogP contribution in [0.15, 0.2) is 48.9 Å². The third-order valence-electron chi connectivity index (χ3n) is 4.59. The molecule has 0 unspecified atom stereocenters. The second-order valence-corrected chi connectivity index (χ2v) is 7.04. The highest BCUT2D eigenvalue weighted by atomic mass is 35.5. The van der Waals surface area contributed by atoms with Crippen molar-refractivity contribution >= 4 is 17.5 Å². The summed E-state index contributed by atoms with van der Waals surface area (Å²) in [6.07, 6.45) is 7.80. The maximum absolute atomic E-state index is 12.5. The number of ether oxygens (including phenoxy) is 1. The van der Waals surface area contributed by atoms with E-state index in [4.69, 9.17) is 16.3 Å². The molecule has 144 valence electrons. The second-order valence-electron chi connectivity index (χ2n) is 6.60. The summed E-state index contributed by atoms with van der Waals surface area (Å²) < 4.78 is 5.78. The van der Waals surface area contributed by atoms with Crippen LogP contribution in [0.25, 0.3) is 5.69 Å². The van der Waals surface area contributed by atoms with Gasteiger partial charge in [-0.3, -0.25) is 4.79 Å². The summed E-state index contributed by atoms with van der Waals surface area (Å²) in [4.78, 5) is 22.0. The molecule has 2 heterocycles. The van der Waals surface area contributed by atoms with Gasteiger partial charge in [-0.05, 0) is 37.8 Å². The van der Waals surface area contributed by atoms with E-state index in [1.54, 1.807) is 0 Å². The minimum absolute atomic E-state index is 0.0354. The number of rotatable bonds is 5. The number of carbonyl (C=O) groups excluding carboxylic acids is 1. The second kappa shape index (κ2) is 8.35. The molecule has 0 atom stereocenters. The first-order valence-corrected chi connectivity index (χ1v) is 9.48. The summed E-state index contributed by atoms with van der Waals surface area (Å²) in [5.41, 5.74) is 1.11. The Balaban J connectivity index is 1.28. The van der Waals surface area contributed by atoms with Gasteiger partial charge in [0.25, 0.3) is 5.91 Å². The van der Waals surface area contributed by atoms with E-state index in [2.05, 4.69) is 25.5 Å². The molecule has 8 nitrogen and oxygen atoms in total. The van der Waals surface area contributed by atoms with Gasteiger partial charge < -0.3 is 10.1 Å². The molecule has 2 aromatic heterocycles. The van der Waals surface area contributed by atoms with Crippen LogP contribution in [0.4, 0.5) is 0 Å². The van der Waals surface area contributed by atoms with E-state index >= 15 is 0 Å². The Morgan fingerprint density at radius 1 is 1.07 bits per heavy atom. The summed E-state index contributed by atoms with van der Waals surface area (Å²) in [6.45, 7) is 0. The fraction of sp³-hybridized carbons (Fsp3) is 0.316. The SMILES string of the molecule is O=C(NC1CCC(Oc2ncc(Cl)cn2)CC1)c1cnn(-c2ccccc2)n1. The van der Waals surface area contributed by atoms with Gasteiger partial charge in [0.15, 0.2) is 5.69 Å². The molecule has 4 rings (SSSR count). The lowest BCUT2D eigenvalue weighted by Crippen LogP contribution is -2.40. The molecule has 1 aromatic carbocycles. The minimum Gasteiger partial charge on any atom is -0.460 e. The molecule has 0 saturated heterocycles. The van der Waals surface area contributed by atoms with Crippen molar-refractivity contribution < 1.29 is 9.53 Å². The summed E-state index contributed by atoms with van der Waals surface area (Å²) in [5, 5.41) is 11.9. The normalized spacial score (nSPS) is 19.2. The average Bonchev–Trinajstić information content (AvgIpc) is 3.22. The van der Waals surface area contributed by atoms with E-state index < -0.39 is 0 Å². The highest BCUT2D eigenvalue weighted by Crippen LogP contribution is 2.22. The highest BCUT2D eigenvalue weighted by molar-refractivity contribution is 6.30. The van der Waals surface area contributed by atoms with Crippen molar-refractivity contribution in [1.82, 2.24) is 30.3 Å². The van der Waals surface area contributed by atoms with Crippen molar-refractivity contribution in [2.24, 2.45) is 0 Å². The average molecular weight is 399 g/mol. The Kier molecular flexibility index (Phi) is 5.48. The standard InChI is InChI=1S/C19H19ClN6O2/c20-13-10-21-19(22-11-13)28-16-8-6-14(7-9-16)24-18(27)17-12-23-26(25-17)15-4-2-1-3-5-15/h1-5,10-12,14,16H,6-9H2,(H,24,27). The number of halogens is 1. The molecule has 1 fully saturated rings. The Morgan fingerprint density at radius 3 is 2.50 bits per heavy atom. The number of carbonyl (C=O) groups is 1. The maximum atomic E-state index is 12.5. The first-order chi connectivity index (χ1) is 13.7. The van der Waals surface area contributed by atoms with Crippen LogP contribution in [0.2, 0.25) is 5.02 Å². The van der Waals surface area contributed by atoms with Gasteiger partial charge in [0.1, 0.15) is 6.10 Å². The van der Waals surface area contributed by atoms with Crippen LogP contribution < -0.4 is 10.1 Å². The quantitative estimate of drug-likeness (QED) is 0.710. The first kappa shape index (κ1) is 18.4. The number of para-hydroxylation sites is 1. The monoisotopic (exact) mass is 398 g/mol. The largest absolute Gasteiger partial charge is 0.460 e. The molecule has 0 radical (unpaired) electrons. The van der Waals surface area contributed by atoms with E-state index in [1.165, 1.54) is 23.4 Å². The number of aromatic nitrogens is 5. The van der Waals surface area contributed by atoms with Gasteiger partial charge >= 0.3 is 6.01 Å². The molecule has 3 aromatic rings. The summed E-state index contributed by atoms with van der Waals surface area (Å²) in [6, 6.07) is 9.89. The maximum Gasteiger partial charge on any atom is 0.316 e. The van der Waals surface area contributed by atoms with Crippen molar-refractivity contribution in [2.45, 2.75) is 37.8 Å². The zero-order valence-corrected chi connectivity index (χ0v) is 15.8.